The zero-order chi connectivity index (χ0) is 13.3. The Hall–Kier alpha value is -1.49. The van der Waals surface area contributed by atoms with Gasteiger partial charge in [0.1, 0.15) is 0 Å². The molecular formula is C13H15BrN3O+. The predicted octanol–water partition coefficient (Wildman–Crippen LogP) is 1.97. The van der Waals surface area contributed by atoms with E-state index in [2.05, 4.69) is 21.0 Å². The Bertz CT molecular complexity index is 587. The van der Waals surface area contributed by atoms with E-state index in [1.165, 1.54) is 0 Å². The van der Waals surface area contributed by atoms with E-state index in [4.69, 9.17) is 0 Å². The van der Waals surface area contributed by atoms with Crippen molar-refractivity contribution in [3.05, 3.63) is 46.0 Å². The summed E-state index contributed by atoms with van der Waals surface area (Å²) in [6, 6.07) is 7.37. The van der Waals surface area contributed by atoms with Gasteiger partial charge in [0.15, 0.2) is 12.3 Å². The number of Topliss-reactive ketones (excluding diaryl/α,β-unsaturated/α-hetero) is 1. The van der Waals surface area contributed by atoms with Crippen LogP contribution >= 0.6 is 15.9 Å². The van der Waals surface area contributed by atoms with Gasteiger partial charge >= 0.3 is 0 Å². The van der Waals surface area contributed by atoms with Crippen molar-refractivity contribution in [3.63, 3.8) is 0 Å². The monoisotopic (exact) mass is 308 g/mol. The summed E-state index contributed by atoms with van der Waals surface area (Å²) in [5.74, 6) is 1.93. The molecule has 0 saturated heterocycles. The third-order valence-electron chi connectivity index (χ3n) is 3.07. The summed E-state index contributed by atoms with van der Waals surface area (Å²) < 4.78 is 4.67. The largest absolute Gasteiger partial charge is 0.290 e. The van der Waals surface area contributed by atoms with Crippen molar-refractivity contribution in [1.29, 1.82) is 0 Å². The summed E-state index contributed by atoms with van der Waals surface area (Å²) in [7, 11) is 1.94. The molecule has 2 aromatic rings. The van der Waals surface area contributed by atoms with E-state index in [1.807, 2.05) is 49.7 Å². The van der Waals surface area contributed by atoms with Crippen LogP contribution in [-0.4, -0.2) is 15.6 Å². The maximum absolute atomic E-state index is 12.1. The lowest BCUT2D eigenvalue weighted by molar-refractivity contribution is -0.684. The molecule has 0 aliphatic rings. The number of carbonyl (C=O) groups excluding carboxylic acids is 1. The molecule has 0 aliphatic heterocycles. The Kier molecular flexibility index (Phi) is 3.61. The Labute approximate surface area is 114 Å². The molecule has 0 spiro atoms. The van der Waals surface area contributed by atoms with Crippen LogP contribution in [0.1, 0.15) is 22.0 Å². The Morgan fingerprint density at radius 2 is 1.94 bits per heavy atom. The van der Waals surface area contributed by atoms with Crippen LogP contribution in [-0.2, 0) is 13.6 Å². The van der Waals surface area contributed by atoms with Crippen molar-refractivity contribution in [2.45, 2.75) is 20.4 Å². The third-order valence-corrected chi connectivity index (χ3v) is 3.60. The normalized spacial score (nSPS) is 10.7. The molecule has 0 atom stereocenters. The van der Waals surface area contributed by atoms with Crippen molar-refractivity contribution in [3.8, 4) is 0 Å². The lowest BCUT2D eigenvalue weighted by Crippen LogP contribution is -2.33. The first-order valence-electron chi connectivity index (χ1n) is 5.68. The van der Waals surface area contributed by atoms with E-state index in [0.29, 0.717) is 5.56 Å². The molecule has 1 aromatic carbocycles. The summed E-state index contributed by atoms with van der Waals surface area (Å²) in [5.41, 5.74) is 0.702. The second kappa shape index (κ2) is 5.02. The molecule has 2 rings (SSSR count). The molecule has 0 amide bonds. The molecule has 94 valence electrons. The van der Waals surface area contributed by atoms with Crippen LogP contribution in [0.3, 0.4) is 0 Å². The number of carbonyl (C=O) groups is 1. The van der Waals surface area contributed by atoms with Gasteiger partial charge in [0.2, 0.25) is 5.82 Å². The van der Waals surface area contributed by atoms with Gasteiger partial charge < -0.3 is 0 Å². The molecule has 0 N–H and O–H groups in total. The smallest absolute Gasteiger partial charge is 0.274 e. The number of halogens is 1. The highest BCUT2D eigenvalue weighted by atomic mass is 79.9. The third kappa shape index (κ3) is 2.51. The Morgan fingerprint density at radius 1 is 1.33 bits per heavy atom. The number of hydrogen-bond acceptors (Lipinski definition) is 2. The number of rotatable bonds is 3. The molecule has 1 heterocycles. The summed E-state index contributed by atoms with van der Waals surface area (Å²) in [4.78, 5) is 12.1. The van der Waals surface area contributed by atoms with E-state index in [9.17, 15) is 4.79 Å². The molecule has 18 heavy (non-hydrogen) atoms. The van der Waals surface area contributed by atoms with Crippen LogP contribution in [0.4, 0.5) is 0 Å². The molecule has 0 aliphatic carbocycles. The number of benzene rings is 1. The first kappa shape index (κ1) is 13.0. The topological polar surface area (TPSA) is 38.8 Å². The molecule has 0 radical (unpaired) electrons. The highest BCUT2D eigenvalue weighted by molar-refractivity contribution is 9.10. The van der Waals surface area contributed by atoms with Crippen LogP contribution in [0, 0.1) is 13.8 Å². The van der Waals surface area contributed by atoms with E-state index < -0.39 is 0 Å². The first-order chi connectivity index (χ1) is 8.49. The Balaban J connectivity index is 2.21. The SMILES string of the molecule is Cc1nn(CC(=O)c2ccc(Br)cc2)c(C)[n+]1C. The van der Waals surface area contributed by atoms with Crippen LogP contribution in [0.25, 0.3) is 0 Å². The number of nitrogens with zero attached hydrogens (tertiary/aromatic N) is 3. The minimum Gasteiger partial charge on any atom is -0.290 e. The molecule has 0 bridgehead atoms. The number of aromatic nitrogens is 3. The van der Waals surface area contributed by atoms with Crippen molar-refractivity contribution >= 4 is 21.7 Å². The van der Waals surface area contributed by atoms with Gasteiger partial charge in [-0.3, -0.25) is 4.79 Å². The fourth-order valence-electron chi connectivity index (χ4n) is 1.73. The van der Waals surface area contributed by atoms with Gasteiger partial charge in [0.05, 0.1) is 7.05 Å². The molecular weight excluding hydrogens is 294 g/mol. The lowest BCUT2D eigenvalue weighted by atomic mass is 10.1. The minimum atomic E-state index is 0.0636. The van der Waals surface area contributed by atoms with E-state index in [0.717, 1.165) is 16.1 Å². The zero-order valence-corrected chi connectivity index (χ0v) is 12.2. The second-order valence-corrected chi connectivity index (χ2v) is 5.16. The highest BCUT2D eigenvalue weighted by Gasteiger charge is 2.19. The van der Waals surface area contributed by atoms with Gasteiger partial charge in [-0.1, -0.05) is 28.1 Å². The molecule has 5 heteroatoms. The zero-order valence-electron chi connectivity index (χ0n) is 10.6. The molecule has 4 nitrogen and oxygen atoms in total. The standard InChI is InChI=1S/C13H15BrN3O/c1-9-15-17(10(2)16(9)3)8-13(18)11-4-6-12(14)7-5-11/h4-7H,8H2,1-3H3/q+1. The lowest BCUT2D eigenvalue weighted by Gasteiger charge is -1.99. The summed E-state index contributed by atoms with van der Waals surface area (Å²) in [6.07, 6.45) is 0. The predicted molar refractivity (Wildman–Crippen MR) is 71.3 cm³/mol. The van der Waals surface area contributed by atoms with Crippen LogP contribution < -0.4 is 4.57 Å². The minimum absolute atomic E-state index is 0.0636. The Morgan fingerprint density at radius 3 is 2.44 bits per heavy atom. The van der Waals surface area contributed by atoms with Crippen LogP contribution in [0.2, 0.25) is 0 Å². The maximum Gasteiger partial charge on any atom is 0.274 e. The van der Waals surface area contributed by atoms with Crippen LogP contribution in [0.15, 0.2) is 28.7 Å². The average Bonchev–Trinajstić information content (AvgIpc) is 2.58. The van der Waals surface area contributed by atoms with Gasteiger partial charge in [-0.15, -0.1) is 4.68 Å². The number of aryl methyl sites for hydroxylation is 1. The average molecular weight is 309 g/mol. The van der Waals surface area contributed by atoms with Crippen LogP contribution in [0.5, 0.6) is 0 Å². The number of hydrogen-bond donors (Lipinski definition) is 0. The quantitative estimate of drug-likeness (QED) is 0.642. The highest BCUT2D eigenvalue weighted by Crippen LogP contribution is 2.11. The van der Waals surface area contributed by atoms with Crippen molar-refractivity contribution in [2.24, 2.45) is 7.05 Å². The van der Waals surface area contributed by atoms with E-state index in [1.54, 1.807) is 4.68 Å². The van der Waals surface area contributed by atoms with Gasteiger partial charge in [0.25, 0.3) is 5.82 Å². The van der Waals surface area contributed by atoms with Crippen molar-refractivity contribution in [1.82, 2.24) is 9.78 Å². The van der Waals surface area contributed by atoms with E-state index in [-0.39, 0.29) is 12.3 Å². The summed E-state index contributed by atoms with van der Waals surface area (Å²) in [6.45, 7) is 4.15. The van der Waals surface area contributed by atoms with Crippen molar-refractivity contribution < 1.29 is 9.36 Å². The van der Waals surface area contributed by atoms with Crippen molar-refractivity contribution in [2.75, 3.05) is 0 Å². The second-order valence-electron chi connectivity index (χ2n) is 4.24. The molecule has 1 aromatic heterocycles. The summed E-state index contributed by atoms with van der Waals surface area (Å²) in [5, 5.41) is 4.34. The van der Waals surface area contributed by atoms with Gasteiger partial charge in [-0.05, 0) is 12.1 Å². The fourth-order valence-corrected chi connectivity index (χ4v) is 2.00. The van der Waals surface area contributed by atoms with Gasteiger partial charge in [-0.25, -0.2) is 4.57 Å². The van der Waals surface area contributed by atoms with Gasteiger partial charge in [-0.2, -0.15) is 0 Å². The first-order valence-corrected chi connectivity index (χ1v) is 6.47. The molecule has 0 saturated carbocycles. The van der Waals surface area contributed by atoms with E-state index >= 15 is 0 Å². The molecule has 0 fully saturated rings. The fraction of sp³-hybridized carbons (Fsp3) is 0.308. The number of ketones is 1. The maximum atomic E-state index is 12.1. The summed E-state index contributed by atoms with van der Waals surface area (Å²) >= 11 is 3.35. The van der Waals surface area contributed by atoms with Gasteiger partial charge in [0, 0.05) is 29.0 Å². The molecule has 0 unspecified atom stereocenters.